The summed E-state index contributed by atoms with van der Waals surface area (Å²) < 4.78 is 0. The molecule has 1 aliphatic rings. The molecule has 0 radical (unpaired) electrons. The highest BCUT2D eigenvalue weighted by Crippen LogP contribution is 2.37. The Balaban J connectivity index is 2.02. The zero-order chi connectivity index (χ0) is 18.8. The molecule has 0 spiro atoms. The van der Waals surface area contributed by atoms with Crippen molar-refractivity contribution in [2.24, 2.45) is 5.92 Å². The van der Waals surface area contributed by atoms with Gasteiger partial charge in [0, 0.05) is 24.0 Å². The molecule has 0 fully saturated rings. The van der Waals surface area contributed by atoms with Crippen molar-refractivity contribution in [3.05, 3.63) is 53.7 Å². The lowest BCUT2D eigenvalue weighted by Crippen LogP contribution is -2.45. The van der Waals surface area contributed by atoms with Gasteiger partial charge in [-0.3, -0.25) is 4.79 Å². The predicted molar refractivity (Wildman–Crippen MR) is 98.7 cm³/mol. The number of para-hydroxylation sites is 1. The van der Waals surface area contributed by atoms with Crippen LogP contribution in [0.3, 0.4) is 0 Å². The third kappa shape index (κ3) is 3.21. The Hall–Kier alpha value is -3.06. The van der Waals surface area contributed by atoms with E-state index < -0.39 is 12.1 Å². The Kier molecular flexibility index (Phi) is 4.81. The standard InChI is InChI=1S/C19H21N3O4/c1-11(2)10-22-13-7-4-3-6-12(13)16(24)15(19(22)26)18(25)21-17-14(23)8-5-9-20-17/h3-9,11,19,23-24,26H,10H2,1-2H3,(H,20,21,25). The fraction of sp³-hybridized carbons (Fsp3) is 0.263. The van der Waals surface area contributed by atoms with Crippen molar-refractivity contribution in [2.45, 2.75) is 20.1 Å². The number of benzene rings is 1. The van der Waals surface area contributed by atoms with Crippen molar-refractivity contribution in [3.8, 4) is 5.75 Å². The van der Waals surface area contributed by atoms with Gasteiger partial charge in [-0.05, 0) is 30.2 Å². The van der Waals surface area contributed by atoms with Crippen LogP contribution in [0.25, 0.3) is 5.76 Å². The molecule has 26 heavy (non-hydrogen) atoms. The topological polar surface area (TPSA) is 106 Å². The summed E-state index contributed by atoms with van der Waals surface area (Å²) in [7, 11) is 0. The van der Waals surface area contributed by atoms with Crippen LogP contribution in [-0.4, -0.2) is 39.0 Å². The van der Waals surface area contributed by atoms with E-state index >= 15 is 0 Å². The smallest absolute Gasteiger partial charge is 0.261 e. The number of fused-ring (bicyclic) bond motifs is 1. The quantitative estimate of drug-likeness (QED) is 0.671. The number of carbonyl (C=O) groups is 1. The molecule has 7 heteroatoms. The molecule has 0 aliphatic carbocycles. The Bertz CT molecular complexity index is 863. The van der Waals surface area contributed by atoms with Gasteiger partial charge in [0.25, 0.3) is 5.91 Å². The van der Waals surface area contributed by atoms with Crippen LogP contribution in [0.5, 0.6) is 5.75 Å². The van der Waals surface area contributed by atoms with Crippen molar-refractivity contribution in [2.75, 3.05) is 16.8 Å². The number of hydrogen-bond acceptors (Lipinski definition) is 6. The van der Waals surface area contributed by atoms with E-state index in [4.69, 9.17) is 0 Å². The number of aromatic nitrogens is 1. The number of carbonyl (C=O) groups excluding carboxylic acids is 1. The predicted octanol–water partition coefficient (Wildman–Crippen LogP) is 2.49. The number of aliphatic hydroxyl groups is 2. The first-order valence-corrected chi connectivity index (χ1v) is 8.32. The van der Waals surface area contributed by atoms with Gasteiger partial charge in [-0.25, -0.2) is 4.98 Å². The monoisotopic (exact) mass is 355 g/mol. The van der Waals surface area contributed by atoms with Crippen molar-refractivity contribution < 1.29 is 20.1 Å². The molecule has 2 aromatic rings. The molecule has 3 rings (SSSR count). The fourth-order valence-electron chi connectivity index (χ4n) is 2.96. The van der Waals surface area contributed by atoms with Crippen molar-refractivity contribution >= 4 is 23.2 Å². The number of hydrogen-bond donors (Lipinski definition) is 4. The number of aromatic hydroxyl groups is 1. The number of pyridine rings is 1. The van der Waals surface area contributed by atoms with Gasteiger partial charge in [-0.1, -0.05) is 26.0 Å². The second kappa shape index (κ2) is 7.05. The van der Waals surface area contributed by atoms with Crippen LogP contribution in [-0.2, 0) is 4.79 Å². The number of anilines is 2. The van der Waals surface area contributed by atoms with E-state index in [1.54, 1.807) is 23.1 Å². The van der Waals surface area contributed by atoms with Crippen LogP contribution >= 0.6 is 0 Å². The molecule has 7 nitrogen and oxygen atoms in total. The van der Waals surface area contributed by atoms with Gasteiger partial charge in [0.1, 0.15) is 11.3 Å². The highest BCUT2D eigenvalue weighted by atomic mass is 16.3. The van der Waals surface area contributed by atoms with E-state index in [1.165, 1.54) is 18.3 Å². The highest BCUT2D eigenvalue weighted by Gasteiger charge is 2.36. The Labute approximate surface area is 151 Å². The first-order valence-electron chi connectivity index (χ1n) is 8.32. The minimum Gasteiger partial charge on any atom is -0.507 e. The lowest BCUT2D eigenvalue weighted by atomic mass is 9.97. The molecule has 0 saturated heterocycles. The Morgan fingerprint density at radius 1 is 1.23 bits per heavy atom. The molecule has 1 aromatic heterocycles. The summed E-state index contributed by atoms with van der Waals surface area (Å²) in [4.78, 5) is 18.3. The molecule has 136 valence electrons. The van der Waals surface area contributed by atoms with Gasteiger partial charge in [-0.2, -0.15) is 0 Å². The SMILES string of the molecule is CC(C)CN1c2ccccc2C(O)=C(C(=O)Nc2ncccc2O)C1O. The average Bonchev–Trinajstić information content (AvgIpc) is 2.60. The van der Waals surface area contributed by atoms with Crippen molar-refractivity contribution in [1.29, 1.82) is 0 Å². The number of nitrogens with zero attached hydrogens (tertiary/aromatic N) is 2. The lowest BCUT2D eigenvalue weighted by Gasteiger charge is -2.37. The Morgan fingerprint density at radius 2 is 1.96 bits per heavy atom. The second-order valence-corrected chi connectivity index (χ2v) is 6.52. The van der Waals surface area contributed by atoms with E-state index in [-0.39, 0.29) is 28.8 Å². The zero-order valence-corrected chi connectivity index (χ0v) is 14.5. The van der Waals surface area contributed by atoms with Crippen LogP contribution in [0.4, 0.5) is 11.5 Å². The van der Waals surface area contributed by atoms with Crippen LogP contribution in [0.2, 0.25) is 0 Å². The molecule has 1 amide bonds. The van der Waals surface area contributed by atoms with Crippen molar-refractivity contribution in [1.82, 2.24) is 4.98 Å². The molecule has 1 atom stereocenters. The van der Waals surface area contributed by atoms with Crippen LogP contribution in [0.15, 0.2) is 48.2 Å². The number of nitrogens with one attached hydrogen (secondary N) is 1. The summed E-state index contributed by atoms with van der Waals surface area (Å²) in [6.45, 7) is 4.50. The minimum atomic E-state index is -1.32. The van der Waals surface area contributed by atoms with Gasteiger partial charge in [0.05, 0.1) is 0 Å². The maximum atomic E-state index is 12.7. The maximum absolute atomic E-state index is 12.7. The first kappa shape index (κ1) is 17.8. The third-order valence-electron chi connectivity index (χ3n) is 4.10. The van der Waals surface area contributed by atoms with Crippen molar-refractivity contribution in [3.63, 3.8) is 0 Å². The summed E-state index contributed by atoms with van der Waals surface area (Å²) in [6.07, 6.45) is 0.0967. The van der Waals surface area contributed by atoms with Gasteiger partial charge in [-0.15, -0.1) is 0 Å². The summed E-state index contributed by atoms with van der Waals surface area (Å²) in [5, 5.41) is 33.6. The summed E-state index contributed by atoms with van der Waals surface area (Å²) >= 11 is 0. The molecule has 4 N–H and O–H groups in total. The van der Waals surface area contributed by atoms with Crippen LogP contribution in [0.1, 0.15) is 19.4 Å². The summed E-state index contributed by atoms with van der Waals surface area (Å²) in [6, 6.07) is 9.95. The van der Waals surface area contributed by atoms with Crippen LogP contribution < -0.4 is 10.2 Å². The molecular formula is C19H21N3O4. The van der Waals surface area contributed by atoms with E-state index in [1.807, 2.05) is 19.9 Å². The van der Waals surface area contributed by atoms with E-state index in [2.05, 4.69) is 10.3 Å². The molecule has 1 aromatic carbocycles. The highest BCUT2D eigenvalue weighted by molar-refractivity contribution is 6.10. The molecule has 0 saturated carbocycles. The number of aliphatic hydroxyl groups excluding tert-OH is 2. The molecule has 0 bridgehead atoms. The number of amides is 1. The summed E-state index contributed by atoms with van der Waals surface area (Å²) in [5.41, 5.74) is 0.937. The van der Waals surface area contributed by atoms with Gasteiger partial charge in [0.15, 0.2) is 17.8 Å². The summed E-state index contributed by atoms with van der Waals surface area (Å²) in [5.74, 6) is -1.04. The largest absolute Gasteiger partial charge is 0.507 e. The molecule has 1 aliphatic heterocycles. The maximum Gasteiger partial charge on any atom is 0.261 e. The zero-order valence-electron chi connectivity index (χ0n) is 14.5. The first-order chi connectivity index (χ1) is 12.4. The van der Waals surface area contributed by atoms with E-state index in [0.717, 1.165) is 0 Å². The third-order valence-corrected chi connectivity index (χ3v) is 4.10. The van der Waals surface area contributed by atoms with Gasteiger partial charge < -0.3 is 25.5 Å². The second-order valence-electron chi connectivity index (χ2n) is 6.52. The normalized spacial score (nSPS) is 16.6. The minimum absolute atomic E-state index is 0.0423. The van der Waals surface area contributed by atoms with Gasteiger partial charge >= 0.3 is 0 Å². The molecule has 2 heterocycles. The number of rotatable bonds is 4. The van der Waals surface area contributed by atoms with E-state index in [9.17, 15) is 20.1 Å². The average molecular weight is 355 g/mol. The molecular weight excluding hydrogens is 334 g/mol. The lowest BCUT2D eigenvalue weighted by molar-refractivity contribution is -0.113. The van der Waals surface area contributed by atoms with E-state index in [0.29, 0.717) is 17.8 Å². The van der Waals surface area contributed by atoms with Crippen LogP contribution in [0, 0.1) is 5.92 Å². The fourth-order valence-corrected chi connectivity index (χ4v) is 2.96. The molecule has 1 unspecified atom stereocenters. The van der Waals surface area contributed by atoms with Gasteiger partial charge in [0.2, 0.25) is 0 Å². The Morgan fingerprint density at radius 3 is 2.65 bits per heavy atom.